The second-order valence-electron chi connectivity index (χ2n) is 4.84. The van der Waals surface area contributed by atoms with Gasteiger partial charge in [0.05, 0.1) is 0 Å². The molecule has 1 N–H and O–H groups in total. The van der Waals surface area contributed by atoms with Crippen LogP contribution in [0.15, 0.2) is 24.3 Å². The van der Waals surface area contributed by atoms with Crippen molar-refractivity contribution in [3.05, 3.63) is 29.8 Å². The van der Waals surface area contributed by atoms with Crippen molar-refractivity contribution in [1.29, 1.82) is 0 Å². The van der Waals surface area contributed by atoms with Gasteiger partial charge in [-0.25, -0.2) is 0 Å². The second-order valence-corrected chi connectivity index (χ2v) is 4.84. The lowest BCUT2D eigenvalue weighted by Crippen LogP contribution is -2.25. The molecule has 0 saturated carbocycles. The number of benzene rings is 1. The summed E-state index contributed by atoms with van der Waals surface area (Å²) < 4.78 is 0. The standard InChI is InChI=1S/C14H24N2/c1-11(2)10-16(5)14-9-7-6-8-13(14)12(3)15-4/h6-9,11-12,15H,10H2,1-5H3. The van der Waals surface area contributed by atoms with Crippen molar-refractivity contribution < 1.29 is 0 Å². The molecule has 0 aliphatic carbocycles. The summed E-state index contributed by atoms with van der Waals surface area (Å²) in [6.07, 6.45) is 0. The van der Waals surface area contributed by atoms with Gasteiger partial charge in [-0.1, -0.05) is 32.0 Å². The van der Waals surface area contributed by atoms with E-state index in [9.17, 15) is 0 Å². The van der Waals surface area contributed by atoms with Gasteiger partial charge in [0.15, 0.2) is 0 Å². The molecule has 2 heteroatoms. The third-order valence-electron chi connectivity index (χ3n) is 2.89. The maximum atomic E-state index is 3.30. The zero-order valence-corrected chi connectivity index (χ0v) is 11.1. The van der Waals surface area contributed by atoms with Crippen LogP contribution in [0.3, 0.4) is 0 Å². The van der Waals surface area contributed by atoms with Gasteiger partial charge < -0.3 is 10.2 Å². The fraction of sp³-hybridized carbons (Fsp3) is 0.571. The highest BCUT2D eigenvalue weighted by Gasteiger charge is 2.11. The first-order chi connectivity index (χ1) is 7.56. The van der Waals surface area contributed by atoms with E-state index in [4.69, 9.17) is 0 Å². The lowest BCUT2D eigenvalue weighted by atomic mass is 10.0. The minimum atomic E-state index is 0.394. The van der Waals surface area contributed by atoms with Crippen LogP contribution in [-0.4, -0.2) is 20.6 Å². The molecule has 0 radical (unpaired) electrons. The predicted octanol–water partition coefficient (Wildman–Crippen LogP) is 3.06. The first-order valence-corrected chi connectivity index (χ1v) is 6.03. The van der Waals surface area contributed by atoms with Crippen LogP contribution in [0.2, 0.25) is 0 Å². The van der Waals surface area contributed by atoms with Crippen molar-refractivity contribution >= 4 is 5.69 Å². The van der Waals surface area contributed by atoms with Crippen molar-refractivity contribution in [2.75, 3.05) is 25.5 Å². The Morgan fingerprint density at radius 3 is 2.38 bits per heavy atom. The normalized spacial score (nSPS) is 12.9. The SMILES string of the molecule is CNC(C)c1ccccc1N(C)CC(C)C. The van der Waals surface area contributed by atoms with Crippen LogP contribution in [0.25, 0.3) is 0 Å². The molecule has 90 valence electrons. The van der Waals surface area contributed by atoms with Gasteiger partial charge in [0.1, 0.15) is 0 Å². The monoisotopic (exact) mass is 220 g/mol. The summed E-state index contributed by atoms with van der Waals surface area (Å²) in [6.45, 7) is 7.79. The number of anilines is 1. The van der Waals surface area contributed by atoms with E-state index < -0.39 is 0 Å². The lowest BCUT2D eigenvalue weighted by Gasteiger charge is -2.26. The number of rotatable bonds is 5. The van der Waals surface area contributed by atoms with Gasteiger partial charge in [-0.2, -0.15) is 0 Å². The molecule has 1 aromatic carbocycles. The Hall–Kier alpha value is -1.02. The number of nitrogens with one attached hydrogen (secondary N) is 1. The second kappa shape index (κ2) is 5.90. The molecule has 0 bridgehead atoms. The fourth-order valence-electron chi connectivity index (χ4n) is 2.00. The predicted molar refractivity (Wildman–Crippen MR) is 72.0 cm³/mol. The maximum Gasteiger partial charge on any atom is 0.0412 e. The molecule has 0 spiro atoms. The molecule has 0 aliphatic rings. The smallest absolute Gasteiger partial charge is 0.0412 e. The quantitative estimate of drug-likeness (QED) is 0.820. The van der Waals surface area contributed by atoms with Gasteiger partial charge in [-0.3, -0.25) is 0 Å². The summed E-state index contributed by atoms with van der Waals surface area (Å²) in [5, 5.41) is 3.30. The molecule has 0 amide bonds. The minimum absolute atomic E-state index is 0.394. The molecule has 1 atom stereocenters. The molecule has 1 aromatic rings. The van der Waals surface area contributed by atoms with Gasteiger partial charge in [0, 0.05) is 25.3 Å². The molecule has 2 nitrogen and oxygen atoms in total. The maximum absolute atomic E-state index is 3.30. The van der Waals surface area contributed by atoms with Gasteiger partial charge in [0.25, 0.3) is 0 Å². The van der Waals surface area contributed by atoms with Crippen LogP contribution in [0.5, 0.6) is 0 Å². The summed E-state index contributed by atoms with van der Waals surface area (Å²) in [6, 6.07) is 9.01. The highest BCUT2D eigenvalue weighted by atomic mass is 15.1. The first-order valence-electron chi connectivity index (χ1n) is 6.03. The molecule has 0 aliphatic heterocycles. The van der Waals surface area contributed by atoms with Crippen molar-refractivity contribution in [3.63, 3.8) is 0 Å². The number of hydrogen-bond acceptors (Lipinski definition) is 2. The average molecular weight is 220 g/mol. The van der Waals surface area contributed by atoms with E-state index in [0.717, 1.165) is 6.54 Å². The number of nitrogens with zero attached hydrogens (tertiary/aromatic N) is 1. The third kappa shape index (κ3) is 3.24. The Balaban J connectivity index is 2.93. The van der Waals surface area contributed by atoms with E-state index in [1.807, 2.05) is 7.05 Å². The molecule has 16 heavy (non-hydrogen) atoms. The third-order valence-corrected chi connectivity index (χ3v) is 2.89. The average Bonchev–Trinajstić information content (AvgIpc) is 2.27. The van der Waals surface area contributed by atoms with Crippen LogP contribution >= 0.6 is 0 Å². The van der Waals surface area contributed by atoms with Crippen LogP contribution in [0.4, 0.5) is 5.69 Å². The van der Waals surface area contributed by atoms with Crippen LogP contribution in [-0.2, 0) is 0 Å². The molecule has 0 saturated heterocycles. The Kier molecular flexibility index (Phi) is 4.81. The first kappa shape index (κ1) is 13.0. The Morgan fingerprint density at radius 1 is 1.19 bits per heavy atom. The molecule has 1 unspecified atom stereocenters. The Bertz CT molecular complexity index is 320. The highest BCUT2D eigenvalue weighted by Crippen LogP contribution is 2.25. The highest BCUT2D eigenvalue weighted by molar-refractivity contribution is 5.54. The van der Waals surface area contributed by atoms with Gasteiger partial charge in [0.2, 0.25) is 0 Å². The number of hydrogen-bond donors (Lipinski definition) is 1. The van der Waals surface area contributed by atoms with E-state index in [1.54, 1.807) is 0 Å². The molecule has 0 fully saturated rings. The summed E-state index contributed by atoms with van der Waals surface area (Å²) in [5.41, 5.74) is 2.70. The fourth-order valence-corrected chi connectivity index (χ4v) is 2.00. The largest absolute Gasteiger partial charge is 0.374 e. The van der Waals surface area contributed by atoms with E-state index in [0.29, 0.717) is 12.0 Å². The Labute approximate surface area is 99.7 Å². The van der Waals surface area contributed by atoms with Gasteiger partial charge in [-0.05, 0) is 31.5 Å². The summed E-state index contributed by atoms with van der Waals surface area (Å²) >= 11 is 0. The van der Waals surface area contributed by atoms with Crippen molar-refractivity contribution in [2.45, 2.75) is 26.8 Å². The van der Waals surface area contributed by atoms with Crippen LogP contribution < -0.4 is 10.2 Å². The van der Waals surface area contributed by atoms with E-state index in [-0.39, 0.29) is 0 Å². The molecular formula is C14H24N2. The number of para-hydroxylation sites is 1. The van der Waals surface area contributed by atoms with E-state index in [1.165, 1.54) is 11.3 Å². The van der Waals surface area contributed by atoms with Crippen LogP contribution in [0.1, 0.15) is 32.4 Å². The van der Waals surface area contributed by atoms with Crippen molar-refractivity contribution in [3.8, 4) is 0 Å². The van der Waals surface area contributed by atoms with Crippen LogP contribution in [0, 0.1) is 5.92 Å². The van der Waals surface area contributed by atoms with Crippen molar-refractivity contribution in [2.24, 2.45) is 5.92 Å². The Morgan fingerprint density at radius 2 is 1.81 bits per heavy atom. The molecule has 0 aromatic heterocycles. The zero-order chi connectivity index (χ0) is 12.1. The molecular weight excluding hydrogens is 196 g/mol. The lowest BCUT2D eigenvalue weighted by molar-refractivity contribution is 0.622. The topological polar surface area (TPSA) is 15.3 Å². The summed E-state index contributed by atoms with van der Waals surface area (Å²) in [5.74, 6) is 0.683. The molecule has 0 heterocycles. The van der Waals surface area contributed by atoms with E-state index in [2.05, 4.69) is 62.3 Å². The van der Waals surface area contributed by atoms with E-state index >= 15 is 0 Å². The molecule has 1 rings (SSSR count). The zero-order valence-electron chi connectivity index (χ0n) is 11.1. The minimum Gasteiger partial charge on any atom is -0.374 e. The van der Waals surface area contributed by atoms with Gasteiger partial charge >= 0.3 is 0 Å². The summed E-state index contributed by atoms with van der Waals surface area (Å²) in [4.78, 5) is 2.34. The van der Waals surface area contributed by atoms with Gasteiger partial charge in [-0.15, -0.1) is 0 Å². The summed E-state index contributed by atoms with van der Waals surface area (Å²) in [7, 11) is 4.17. The van der Waals surface area contributed by atoms with Crippen molar-refractivity contribution in [1.82, 2.24) is 5.32 Å².